The molecule has 1 N–H and O–H groups in total. The quantitative estimate of drug-likeness (QED) is 0.330. The SMILES string of the molecule is COc1ccccc1CC(C)N(Cc1ccccc1)C(=O)Cn1c(-c2cccs2)n[nH]c1=S. The summed E-state index contributed by atoms with van der Waals surface area (Å²) in [5, 5.41) is 9.18. The van der Waals surface area contributed by atoms with Crippen molar-refractivity contribution in [3.8, 4) is 16.5 Å². The fourth-order valence-electron chi connectivity index (χ4n) is 3.85. The third-order valence-electron chi connectivity index (χ3n) is 5.55. The molecule has 170 valence electrons. The highest BCUT2D eigenvalue weighted by Crippen LogP contribution is 2.24. The molecule has 1 atom stereocenters. The first-order valence-electron chi connectivity index (χ1n) is 10.7. The molecule has 2 aromatic carbocycles. The number of aromatic amines is 1. The van der Waals surface area contributed by atoms with E-state index < -0.39 is 0 Å². The molecular formula is C25H26N4O2S2. The van der Waals surface area contributed by atoms with Crippen LogP contribution in [0.4, 0.5) is 0 Å². The molecule has 1 unspecified atom stereocenters. The number of H-pyrrole nitrogens is 1. The predicted molar refractivity (Wildman–Crippen MR) is 134 cm³/mol. The standard InChI is InChI=1S/C25H26N4O2S2/c1-18(15-20-11-6-7-12-21(20)31-2)28(16-19-9-4-3-5-10-19)23(30)17-29-24(26-27-25(29)32)22-13-8-14-33-22/h3-14,18H,15-17H2,1-2H3,(H,27,32). The van der Waals surface area contributed by atoms with Crippen LogP contribution in [0.3, 0.4) is 0 Å². The van der Waals surface area contributed by atoms with E-state index in [1.165, 1.54) is 0 Å². The van der Waals surface area contributed by atoms with Crippen molar-refractivity contribution in [3.05, 3.63) is 88.0 Å². The molecule has 2 heterocycles. The van der Waals surface area contributed by atoms with E-state index in [1.54, 1.807) is 23.0 Å². The minimum Gasteiger partial charge on any atom is -0.496 e. The molecule has 0 saturated carbocycles. The Morgan fingerprint density at radius 3 is 2.64 bits per heavy atom. The first kappa shape index (κ1) is 22.9. The van der Waals surface area contributed by atoms with Crippen LogP contribution in [-0.2, 0) is 24.3 Å². The second-order valence-corrected chi connectivity index (χ2v) is 9.12. The number of benzene rings is 2. The maximum absolute atomic E-state index is 13.7. The molecule has 33 heavy (non-hydrogen) atoms. The number of hydrogen-bond acceptors (Lipinski definition) is 5. The molecule has 0 aliphatic rings. The highest BCUT2D eigenvalue weighted by atomic mass is 32.1. The van der Waals surface area contributed by atoms with E-state index >= 15 is 0 Å². The van der Waals surface area contributed by atoms with Gasteiger partial charge < -0.3 is 9.64 Å². The smallest absolute Gasteiger partial charge is 0.243 e. The molecule has 1 amide bonds. The van der Waals surface area contributed by atoms with E-state index in [1.807, 2.05) is 77.0 Å². The second-order valence-electron chi connectivity index (χ2n) is 7.79. The number of para-hydroxylation sites is 1. The maximum Gasteiger partial charge on any atom is 0.243 e. The summed E-state index contributed by atoms with van der Waals surface area (Å²) in [6, 6.07) is 21.8. The Balaban J connectivity index is 1.61. The van der Waals surface area contributed by atoms with Crippen LogP contribution in [0.5, 0.6) is 5.75 Å². The molecule has 2 aromatic heterocycles. The van der Waals surface area contributed by atoms with Crippen molar-refractivity contribution < 1.29 is 9.53 Å². The summed E-state index contributed by atoms with van der Waals surface area (Å²) in [7, 11) is 1.67. The van der Waals surface area contributed by atoms with Gasteiger partial charge in [-0.1, -0.05) is 54.6 Å². The van der Waals surface area contributed by atoms with Crippen molar-refractivity contribution in [3.63, 3.8) is 0 Å². The summed E-state index contributed by atoms with van der Waals surface area (Å²) in [5.74, 6) is 1.49. The lowest BCUT2D eigenvalue weighted by Crippen LogP contribution is -2.41. The average Bonchev–Trinajstić information content (AvgIpc) is 3.48. The van der Waals surface area contributed by atoms with Gasteiger partial charge >= 0.3 is 0 Å². The van der Waals surface area contributed by atoms with Gasteiger partial charge in [-0.2, -0.15) is 5.10 Å². The number of ether oxygens (including phenoxy) is 1. The van der Waals surface area contributed by atoms with Crippen molar-refractivity contribution in [1.82, 2.24) is 19.7 Å². The van der Waals surface area contributed by atoms with Gasteiger partial charge in [0.1, 0.15) is 12.3 Å². The molecule has 0 fully saturated rings. The molecule has 0 saturated heterocycles. The van der Waals surface area contributed by atoms with E-state index in [-0.39, 0.29) is 18.5 Å². The largest absolute Gasteiger partial charge is 0.496 e. The van der Waals surface area contributed by atoms with Gasteiger partial charge in [-0.25, -0.2) is 0 Å². The Bertz CT molecular complexity index is 1250. The van der Waals surface area contributed by atoms with Gasteiger partial charge in [0.2, 0.25) is 5.91 Å². The fourth-order valence-corrected chi connectivity index (χ4v) is 4.77. The highest BCUT2D eigenvalue weighted by Gasteiger charge is 2.24. The van der Waals surface area contributed by atoms with Crippen molar-refractivity contribution in [2.45, 2.75) is 32.5 Å². The molecule has 0 aliphatic carbocycles. The molecule has 0 aliphatic heterocycles. The average molecular weight is 479 g/mol. The van der Waals surface area contributed by atoms with Crippen molar-refractivity contribution in [2.24, 2.45) is 0 Å². The second kappa shape index (κ2) is 10.6. The van der Waals surface area contributed by atoms with Gasteiger partial charge in [-0.15, -0.1) is 11.3 Å². The molecule has 4 aromatic rings. The van der Waals surface area contributed by atoms with Gasteiger partial charge in [0.05, 0.1) is 12.0 Å². The molecule has 0 radical (unpaired) electrons. The zero-order valence-electron chi connectivity index (χ0n) is 18.6. The lowest BCUT2D eigenvalue weighted by atomic mass is 10.0. The van der Waals surface area contributed by atoms with Crippen LogP contribution in [0, 0.1) is 4.77 Å². The molecule has 4 rings (SSSR count). The van der Waals surface area contributed by atoms with E-state index in [4.69, 9.17) is 17.0 Å². The van der Waals surface area contributed by atoms with Crippen LogP contribution in [0.15, 0.2) is 72.1 Å². The Kier molecular flexibility index (Phi) is 7.36. The number of methoxy groups -OCH3 is 1. The van der Waals surface area contributed by atoms with E-state index in [0.717, 1.165) is 21.8 Å². The number of hydrogen-bond donors (Lipinski definition) is 1. The van der Waals surface area contributed by atoms with Crippen molar-refractivity contribution >= 4 is 29.5 Å². The molecule has 0 bridgehead atoms. The summed E-state index contributed by atoms with van der Waals surface area (Å²) >= 11 is 7.01. The van der Waals surface area contributed by atoms with E-state index in [9.17, 15) is 4.79 Å². The van der Waals surface area contributed by atoms with Crippen LogP contribution < -0.4 is 4.74 Å². The van der Waals surface area contributed by atoms with Gasteiger partial charge in [-0.05, 0) is 54.2 Å². The summed E-state index contributed by atoms with van der Waals surface area (Å²) in [5.41, 5.74) is 2.14. The Hall–Kier alpha value is -3.23. The lowest BCUT2D eigenvalue weighted by Gasteiger charge is -2.30. The number of amides is 1. The van der Waals surface area contributed by atoms with Crippen LogP contribution in [0.2, 0.25) is 0 Å². The minimum absolute atomic E-state index is 0.0171. The Labute approximate surface area is 202 Å². The lowest BCUT2D eigenvalue weighted by molar-refractivity contribution is -0.134. The van der Waals surface area contributed by atoms with Crippen LogP contribution >= 0.6 is 23.6 Å². The number of nitrogens with one attached hydrogen (secondary N) is 1. The van der Waals surface area contributed by atoms with Gasteiger partial charge in [0.15, 0.2) is 10.6 Å². The Morgan fingerprint density at radius 2 is 1.91 bits per heavy atom. The summed E-state index contributed by atoms with van der Waals surface area (Å²) < 4.78 is 7.74. The number of carbonyl (C=O) groups excluding carboxylic acids is 1. The third kappa shape index (κ3) is 5.40. The van der Waals surface area contributed by atoms with Crippen molar-refractivity contribution in [2.75, 3.05) is 7.11 Å². The first-order valence-corrected chi connectivity index (χ1v) is 12.0. The van der Waals surface area contributed by atoms with Gasteiger partial charge in [0, 0.05) is 12.6 Å². The number of carbonyl (C=O) groups is 1. The number of thiophene rings is 1. The normalized spacial score (nSPS) is 11.8. The van der Waals surface area contributed by atoms with Crippen molar-refractivity contribution in [1.29, 1.82) is 0 Å². The summed E-state index contributed by atoms with van der Waals surface area (Å²) in [6.07, 6.45) is 0.678. The predicted octanol–water partition coefficient (Wildman–Crippen LogP) is 5.34. The molecule has 0 spiro atoms. The van der Waals surface area contributed by atoms with E-state index in [2.05, 4.69) is 17.1 Å². The molecular weight excluding hydrogens is 452 g/mol. The monoisotopic (exact) mass is 478 g/mol. The van der Waals surface area contributed by atoms with Crippen LogP contribution in [0.25, 0.3) is 10.7 Å². The fraction of sp³-hybridized carbons (Fsp3) is 0.240. The number of aromatic nitrogens is 3. The maximum atomic E-state index is 13.7. The number of rotatable bonds is 9. The van der Waals surface area contributed by atoms with Crippen LogP contribution in [-0.4, -0.2) is 38.7 Å². The van der Waals surface area contributed by atoms with E-state index in [0.29, 0.717) is 23.6 Å². The minimum atomic E-state index is -0.0553. The molecule has 8 heteroatoms. The third-order valence-corrected chi connectivity index (χ3v) is 6.73. The molecule has 6 nitrogen and oxygen atoms in total. The van der Waals surface area contributed by atoms with Gasteiger partial charge in [0.25, 0.3) is 0 Å². The van der Waals surface area contributed by atoms with Crippen LogP contribution in [0.1, 0.15) is 18.1 Å². The Morgan fingerprint density at radius 1 is 1.15 bits per heavy atom. The summed E-state index contributed by atoms with van der Waals surface area (Å²) in [4.78, 5) is 16.5. The summed E-state index contributed by atoms with van der Waals surface area (Å²) in [6.45, 7) is 2.70. The zero-order valence-corrected chi connectivity index (χ0v) is 20.2. The first-order chi connectivity index (χ1) is 16.1. The zero-order chi connectivity index (χ0) is 23.2. The highest BCUT2D eigenvalue weighted by molar-refractivity contribution is 7.71. The topological polar surface area (TPSA) is 63.1 Å². The van der Waals surface area contributed by atoms with Gasteiger partial charge in [-0.3, -0.25) is 14.5 Å². The number of nitrogens with zero attached hydrogens (tertiary/aromatic N) is 3.